The van der Waals surface area contributed by atoms with Gasteiger partial charge in [0.05, 0.1) is 22.3 Å². The quantitative estimate of drug-likeness (QED) is 0.688. The molecule has 3 aromatic rings. The van der Waals surface area contributed by atoms with Crippen LogP contribution >= 0.6 is 0 Å². The molecule has 0 unspecified atom stereocenters. The van der Waals surface area contributed by atoms with Gasteiger partial charge in [-0.15, -0.1) is 9.81 Å². The summed E-state index contributed by atoms with van der Waals surface area (Å²) < 4.78 is 3.19. The summed E-state index contributed by atoms with van der Waals surface area (Å²) in [4.78, 5) is 30.4. The lowest BCUT2D eigenvalue weighted by Crippen LogP contribution is -2.12. The average molecular weight is 313 g/mol. The molecule has 0 radical (unpaired) electrons. The van der Waals surface area contributed by atoms with Crippen molar-refractivity contribution in [2.75, 3.05) is 13.1 Å². The van der Waals surface area contributed by atoms with Gasteiger partial charge < -0.3 is 0 Å². The van der Waals surface area contributed by atoms with Gasteiger partial charge in [-0.25, -0.2) is 9.97 Å². The molecule has 0 spiro atoms. The molecule has 0 aromatic carbocycles. The summed E-state index contributed by atoms with van der Waals surface area (Å²) in [5.41, 5.74) is 2.99. The molecule has 0 bridgehead atoms. The fourth-order valence-corrected chi connectivity index (χ4v) is 3.55. The molecule has 1 saturated heterocycles. The van der Waals surface area contributed by atoms with Crippen molar-refractivity contribution in [1.82, 2.24) is 24.1 Å². The van der Waals surface area contributed by atoms with E-state index in [-0.39, 0.29) is 5.92 Å². The van der Waals surface area contributed by atoms with E-state index >= 15 is 0 Å². The zero-order chi connectivity index (χ0) is 16.0. The molecule has 9 nitrogen and oxygen atoms in total. The van der Waals surface area contributed by atoms with Crippen molar-refractivity contribution in [1.29, 1.82) is 0 Å². The number of aromatic nitrogens is 4. The Labute approximate surface area is 130 Å². The summed E-state index contributed by atoms with van der Waals surface area (Å²) in [6, 6.07) is 1.80. The second-order valence-corrected chi connectivity index (χ2v) is 5.81. The molecule has 0 aliphatic carbocycles. The van der Waals surface area contributed by atoms with Crippen LogP contribution in [0.2, 0.25) is 0 Å². The van der Waals surface area contributed by atoms with Crippen LogP contribution in [-0.4, -0.2) is 37.1 Å². The van der Waals surface area contributed by atoms with Crippen LogP contribution in [0.5, 0.6) is 0 Å². The highest BCUT2D eigenvalue weighted by molar-refractivity contribution is 5.75. The maximum Gasteiger partial charge on any atom is 0.181 e. The summed E-state index contributed by atoms with van der Waals surface area (Å²) in [6.45, 7) is 3.34. The average Bonchev–Trinajstić information content (AvgIpc) is 3.28. The maximum absolute atomic E-state index is 10.9. The highest BCUT2D eigenvalue weighted by Gasteiger charge is 2.35. The molecule has 3 aromatic heterocycles. The molecule has 0 N–H and O–H groups in total. The van der Waals surface area contributed by atoms with Gasteiger partial charge in [-0.05, 0) is 12.0 Å². The third kappa shape index (κ3) is 1.92. The van der Waals surface area contributed by atoms with Crippen LogP contribution in [0.4, 0.5) is 0 Å². The van der Waals surface area contributed by atoms with Gasteiger partial charge in [0.25, 0.3) is 0 Å². The van der Waals surface area contributed by atoms with E-state index in [0.29, 0.717) is 30.3 Å². The highest BCUT2D eigenvalue weighted by atomic mass is 16.3. The first-order valence-electron chi connectivity index (χ1n) is 7.52. The van der Waals surface area contributed by atoms with Gasteiger partial charge in [-0.1, -0.05) is 13.3 Å². The Hall–Kier alpha value is -2.84. The van der Waals surface area contributed by atoms with Crippen LogP contribution in [0.15, 0.2) is 35.2 Å². The summed E-state index contributed by atoms with van der Waals surface area (Å²) >= 11 is 0. The van der Waals surface area contributed by atoms with Crippen LogP contribution in [0.25, 0.3) is 16.8 Å². The largest absolute Gasteiger partial charge is 0.292 e. The molecule has 1 aliphatic heterocycles. The fraction of sp³-hybridized carbons (Fsp3) is 0.429. The van der Waals surface area contributed by atoms with Crippen LogP contribution in [-0.2, 0) is 0 Å². The van der Waals surface area contributed by atoms with Crippen LogP contribution in [0.3, 0.4) is 0 Å². The normalized spacial score (nSPS) is 21.3. The van der Waals surface area contributed by atoms with Gasteiger partial charge in [-0.2, -0.15) is 4.68 Å². The van der Waals surface area contributed by atoms with E-state index in [1.54, 1.807) is 23.5 Å². The van der Waals surface area contributed by atoms with E-state index in [2.05, 4.69) is 27.5 Å². The second-order valence-electron chi connectivity index (χ2n) is 5.81. The molecule has 23 heavy (non-hydrogen) atoms. The Morgan fingerprint density at radius 2 is 2.09 bits per heavy atom. The van der Waals surface area contributed by atoms with E-state index in [9.17, 15) is 9.81 Å². The SMILES string of the molecule is CC[C@@H]1CN(N=O)C[C@@H]1c1cnc2cnc3c(ccn3N=O)n12. The van der Waals surface area contributed by atoms with Gasteiger partial charge in [0, 0.05) is 37.1 Å². The van der Waals surface area contributed by atoms with E-state index in [1.807, 2.05) is 10.6 Å². The molecule has 4 heterocycles. The van der Waals surface area contributed by atoms with Gasteiger partial charge in [0.1, 0.15) is 0 Å². The minimum atomic E-state index is 0.158. The molecular formula is C14H15N7O2. The van der Waals surface area contributed by atoms with Crippen molar-refractivity contribution >= 4 is 16.8 Å². The van der Waals surface area contributed by atoms with Crippen molar-refractivity contribution < 1.29 is 0 Å². The van der Waals surface area contributed by atoms with Gasteiger partial charge in [-0.3, -0.25) is 9.41 Å². The van der Waals surface area contributed by atoms with Crippen molar-refractivity contribution in [3.05, 3.63) is 40.2 Å². The Kier molecular flexibility index (Phi) is 3.07. The topological polar surface area (TPSA) is 97.2 Å². The Morgan fingerprint density at radius 3 is 2.83 bits per heavy atom. The predicted molar refractivity (Wildman–Crippen MR) is 83.6 cm³/mol. The third-order valence-corrected chi connectivity index (χ3v) is 4.71. The summed E-state index contributed by atoms with van der Waals surface area (Å²) in [5.74, 6) is 0.493. The van der Waals surface area contributed by atoms with Crippen LogP contribution in [0.1, 0.15) is 25.0 Å². The lowest BCUT2D eigenvalue weighted by molar-refractivity contribution is 0.336. The number of fused-ring (bicyclic) bond motifs is 3. The van der Waals surface area contributed by atoms with E-state index < -0.39 is 0 Å². The van der Waals surface area contributed by atoms with Crippen molar-refractivity contribution in [3.8, 4) is 0 Å². The lowest BCUT2D eigenvalue weighted by atomic mass is 9.91. The summed E-state index contributed by atoms with van der Waals surface area (Å²) in [5, 5.41) is 7.59. The van der Waals surface area contributed by atoms with Gasteiger partial charge >= 0.3 is 0 Å². The first-order chi connectivity index (χ1) is 11.3. The first-order valence-corrected chi connectivity index (χ1v) is 7.52. The molecule has 4 rings (SSSR count). The zero-order valence-electron chi connectivity index (χ0n) is 12.5. The standard InChI is InChI=1S/C14H15N7O2/c1-2-9-7-19(17-22)8-10(9)12-5-15-13-6-16-14-11(21(12)13)3-4-20(14)18-23/h3-6,9-10H,2,7-8H2,1H3/t9-,10+/m1/s1. The van der Waals surface area contributed by atoms with E-state index in [1.165, 1.54) is 4.68 Å². The number of nitrogens with zero attached hydrogens (tertiary/aromatic N) is 7. The zero-order valence-corrected chi connectivity index (χ0v) is 12.5. The minimum Gasteiger partial charge on any atom is -0.292 e. The molecule has 1 aliphatic rings. The van der Waals surface area contributed by atoms with Gasteiger partial charge in [0.15, 0.2) is 11.3 Å². The van der Waals surface area contributed by atoms with Crippen molar-refractivity contribution in [3.63, 3.8) is 0 Å². The predicted octanol–water partition coefficient (Wildman–Crippen LogP) is 2.32. The van der Waals surface area contributed by atoms with E-state index in [4.69, 9.17) is 0 Å². The Bertz CT molecular complexity index is 899. The number of imidazole rings is 1. The van der Waals surface area contributed by atoms with Crippen molar-refractivity contribution in [2.24, 2.45) is 16.5 Å². The number of hydrogen-bond acceptors (Lipinski definition) is 6. The van der Waals surface area contributed by atoms with E-state index in [0.717, 1.165) is 17.6 Å². The molecular weight excluding hydrogens is 298 g/mol. The second kappa shape index (κ2) is 5.11. The molecule has 0 saturated carbocycles. The van der Waals surface area contributed by atoms with Gasteiger partial charge in [0.2, 0.25) is 0 Å². The lowest BCUT2D eigenvalue weighted by Gasteiger charge is -2.16. The number of hydrogen-bond donors (Lipinski definition) is 0. The molecule has 118 valence electrons. The summed E-state index contributed by atoms with van der Waals surface area (Å²) in [6.07, 6.45) is 5.98. The molecule has 1 fully saturated rings. The Balaban J connectivity index is 1.92. The van der Waals surface area contributed by atoms with Crippen LogP contribution in [0, 0.1) is 15.7 Å². The van der Waals surface area contributed by atoms with Crippen LogP contribution < -0.4 is 0 Å². The highest BCUT2D eigenvalue weighted by Crippen LogP contribution is 2.36. The third-order valence-electron chi connectivity index (χ3n) is 4.71. The summed E-state index contributed by atoms with van der Waals surface area (Å²) in [7, 11) is 0. The minimum absolute atomic E-state index is 0.158. The molecule has 2 atom stereocenters. The fourth-order valence-electron chi connectivity index (χ4n) is 3.55. The van der Waals surface area contributed by atoms with Crippen molar-refractivity contribution in [2.45, 2.75) is 19.3 Å². The molecule has 0 amide bonds. The maximum atomic E-state index is 10.9. The molecule has 9 heteroatoms. The number of nitroso groups, excluding NO2 is 2. The Morgan fingerprint density at radius 1 is 1.22 bits per heavy atom. The number of rotatable bonds is 4. The monoisotopic (exact) mass is 313 g/mol. The smallest absolute Gasteiger partial charge is 0.181 e. The first kappa shape index (κ1) is 13.8.